The third-order valence-corrected chi connectivity index (χ3v) is 2.28. The lowest BCUT2D eigenvalue weighted by atomic mass is 10.1. The molecule has 0 unspecified atom stereocenters. The van der Waals surface area contributed by atoms with E-state index in [9.17, 15) is 4.79 Å². The number of nitriles is 1. The molecule has 0 aliphatic heterocycles. The summed E-state index contributed by atoms with van der Waals surface area (Å²) < 4.78 is 0. The predicted molar refractivity (Wildman–Crippen MR) is 63.3 cm³/mol. The highest BCUT2D eigenvalue weighted by Crippen LogP contribution is 2.09. The monoisotopic (exact) mass is 232 g/mol. The molecular formula is C12H16N4O. The number of aryl methyl sites for hydroxylation is 2. The van der Waals surface area contributed by atoms with Crippen LogP contribution >= 0.6 is 0 Å². The van der Waals surface area contributed by atoms with Crippen LogP contribution < -0.4 is 5.32 Å². The number of carbonyl (C=O) groups excluding carboxylic acids is 1. The molecule has 1 rings (SSSR count). The molecule has 0 saturated heterocycles. The average molecular weight is 232 g/mol. The molecule has 1 aromatic rings. The van der Waals surface area contributed by atoms with E-state index in [-0.39, 0.29) is 5.91 Å². The van der Waals surface area contributed by atoms with Crippen LogP contribution in [0.1, 0.15) is 42.5 Å². The van der Waals surface area contributed by atoms with Gasteiger partial charge in [-0.25, -0.2) is 0 Å². The van der Waals surface area contributed by atoms with Crippen molar-refractivity contribution in [1.82, 2.24) is 15.5 Å². The van der Waals surface area contributed by atoms with Gasteiger partial charge in [0.15, 0.2) is 0 Å². The Balaban J connectivity index is 3.04. The third-order valence-electron chi connectivity index (χ3n) is 2.28. The van der Waals surface area contributed by atoms with Gasteiger partial charge >= 0.3 is 0 Å². The Morgan fingerprint density at radius 2 is 2.18 bits per heavy atom. The van der Waals surface area contributed by atoms with Gasteiger partial charge in [-0.3, -0.25) is 4.79 Å². The minimum Gasteiger partial charge on any atom is -0.334 e. The van der Waals surface area contributed by atoms with Crippen molar-refractivity contribution in [3.05, 3.63) is 23.0 Å². The van der Waals surface area contributed by atoms with Gasteiger partial charge in [0.2, 0.25) is 0 Å². The SMILES string of the molecule is CCc1nnc(C)cc1C(=O)NC(C)(C)C#N. The number of nitrogens with one attached hydrogen (secondary N) is 1. The zero-order valence-electron chi connectivity index (χ0n) is 10.5. The minimum absolute atomic E-state index is 0.286. The van der Waals surface area contributed by atoms with E-state index >= 15 is 0 Å². The summed E-state index contributed by atoms with van der Waals surface area (Å²) in [5, 5.41) is 19.4. The van der Waals surface area contributed by atoms with Gasteiger partial charge in [-0.15, -0.1) is 0 Å². The van der Waals surface area contributed by atoms with Crippen molar-refractivity contribution in [2.45, 2.75) is 39.7 Å². The first-order chi connectivity index (χ1) is 7.89. The van der Waals surface area contributed by atoms with E-state index in [1.807, 2.05) is 13.0 Å². The Morgan fingerprint density at radius 3 is 2.71 bits per heavy atom. The predicted octanol–water partition coefficient (Wildman–Crippen LogP) is 1.38. The molecule has 0 bridgehead atoms. The average Bonchev–Trinajstić information content (AvgIpc) is 2.28. The van der Waals surface area contributed by atoms with Crippen molar-refractivity contribution < 1.29 is 4.79 Å². The number of hydrogen-bond donors (Lipinski definition) is 1. The van der Waals surface area contributed by atoms with Crippen LogP contribution in [-0.4, -0.2) is 21.6 Å². The van der Waals surface area contributed by atoms with Gasteiger partial charge in [0.1, 0.15) is 5.54 Å². The molecule has 1 heterocycles. The lowest BCUT2D eigenvalue weighted by Gasteiger charge is -2.18. The zero-order chi connectivity index (χ0) is 13.1. The van der Waals surface area contributed by atoms with Crippen LogP contribution in [0.3, 0.4) is 0 Å². The molecule has 0 aliphatic rings. The van der Waals surface area contributed by atoms with Gasteiger partial charge in [0, 0.05) is 0 Å². The molecule has 5 nitrogen and oxygen atoms in total. The molecule has 0 radical (unpaired) electrons. The van der Waals surface area contributed by atoms with E-state index < -0.39 is 5.54 Å². The molecule has 0 aromatic carbocycles. The van der Waals surface area contributed by atoms with E-state index in [1.54, 1.807) is 26.8 Å². The fraction of sp³-hybridized carbons (Fsp3) is 0.500. The molecule has 1 amide bonds. The summed E-state index contributed by atoms with van der Waals surface area (Å²) in [6, 6.07) is 3.72. The van der Waals surface area contributed by atoms with Crippen molar-refractivity contribution >= 4 is 5.91 Å². The Hall–Kier alpha value is -1.96. The molecule has 90 valence electrons. The summed E-state index contributed by atoms with van der Waals surface area (Å²) in [5.41, 5.74) is 0.923. The Labute approximate surface area is 101 Å². The lowest BCUT2D eigenvalue weighted by molar-refractivity contribution is 0.0927. The maximum Gasteiger partial charge on any atom is 0.254 e. The summed E-state index contributed by atoms with van der Waals surface area (Å²) in [6.45, 7) is 6.99. The zero-order valence-corrected chi connectivity index (χ0v) is 10.5. The second-order valence-electron chi connectivity index (χ2n) is 4.39. The van der Waals surface area contributed by atoms with E-state index in [4.69, 9.17) is 5.26 Å². The molecule has 0 atom stereocenters. The minimum atomic E-state index is -0.890. The largest absolute Gasteiger partial charge is 0.334 e. The second kappa shape index (κ2) is 4.91. The van der Waals surface area contributed by atoms with Gasteiger partial charge < -0.3 is 5.32 Å². The smallest absolute Gasteiger partial charge is 0.254 e. The fourth-order valence-electron chi connectivity index (χ4n) is 1.35. The number of rotatable bonds is 3. The summed E-state index contributed by atoms with van der Waals surface area (Å²) in [7, 11) is 0. The van der Waals surface area contributed by atoms with Gasteiger partial charge in [-0.2, -0.15) is 15.5 Å². The lowest BCUT2D eigenvalue weighted by Crippen LogP contribution is -2.42. The van der Waals surface area contributed by atoms with Gasteiger partial charge in [-0.05, 0) is 33.3 Å². The Morgan fingerprint density at radius 1 is 1.53 bits per heavy atom. The van der Waals surface area contributed by atoms with Crippen molar-refractivity contribution in [1.29, 1.82) is 5.26 Å². The summed E-state index contributed by atoms with van der Waals surface area (Å²) in [5.74, 6) is -0.286. The highest BCUT2D eigenvalue weighted by Gasteiger charge is 2.22. The number of nitrogens with zero attached hydrogens (tertiary/aromatic N) is 3. The van der Waals surface area contributed by atoms with E-state index in [0.717, 1.165) is 0 Å². The van der Waals surface area contributed by atoms with Crippen LogP contribution in [0, 0.1) is 18.3 Å². The van der Waals surface area contributed by atoms with Crippen molar-refractivity contribution in [3.8, 4) is 6.07 Å². The summed E-state index contributed by atoms with van der Waals surface area (Å²) >= 11 is 0. The number of carbonyl (C=O) groups is 1. The molecule has 0 saturated carbocycles. The molecule has 17 heavy (non-hydrogen) atoms. The summed E-state index contributed by atoms with van der Waals surface area (Å²) in [4.78, 5) is 12.0. The maximum atomic E-state index is 12.0. The Kier molecular flexibility index (Phi) is 3.79. The van der Waals surface area contributed by atoms with E-state index in [0.29, 0.717) is 23.4 Å². The molecule has 1 aromatic heterocycles. The summed E-state index contributed by atoms with van der Waals surface area (Å²) in [6.07, 6.45) is 0.628. The van der Waals surface area contributed by atoms with Crippen LogP contribution in [0.5, 0.6) is 0 Å². The number of hydrogen-bond acceptors (Lipinski definition) is 4. The molecular weight excluding hydrogens is 216 g/mol. The third kappa shape index (κ3) is 3.25. The van der Waals surface area contributed by atoms with Crippen LogP contribution in [0.25, 0.3) is 0 Å². The van der Waals surface area contributed by atoms with E-state index in [2.05, 4.69) is 15.5 Å². The molecule has 0 spiro atoms. The number of aromatic nitrogens is 2. The quantitative estimate of drug-likeness (QED) is 0.853. The fourth-order valence-corrected chi connectivity index (χ4v) is 1.35. The van der Waals surface area contributed by atoms with Crippen molar-refractivity contribution in [2.24, 2.45) is 0 Å². The Bertz CT molecular complexity index is 474. The first-order valence-electron chi connectivity index (χ1n) is 5.46. The molecule has 5 heteroatoms. The highest BCUT2D eigenvalue weighted by molar-refractivity contribution is 5.96. The first kappa shape index (κ1) is 13.1. The highest BCUT2D eigenvalue weighted by atomic mass is 16.1. The first-order valence-corrected chi connectivity index (χ1v) is 5.46. The van der Waals surface area contributed by atoms with Crippen LogP contribution in [0.4, 0.5) is 0 Å². The van der Waals surface area contributed by atoms with Crippen LogP contribution in [0.2, 0.25) is 0 Å². The van der Waals surface area contributed by atoms with Crippen molar-refractivity contribution in [2.75, 3.05) is 0 Å². The molecule has 0 aliphatic carbocycles. The molecule has 1 N–H and O–H groups in total. The van der Waals surface area contributed by atoms with Gasteiger partial charge in [0.05, 0.1) is 23.0 Å². The van der Waals surface area contributed by atoms with Crippen LogP contribution in [-0.2, 0) is 6.42 Å². The standard InChI is InChI=1S/C12H16N4O/c1-5-10-9(6-8(2)15-16-10)11(17)14-12(3,4)7-13/h6H,5H2,1-4H3,(H,14,17). The van der Waals surface area contributed by atoms with E-state index in [1.165, 1.54) is 0 Å². The van der Waals surface area contributed by atoms with Crippen LogP contribution in [0.15, 0.2) is 6.07 Å². The van der Waals surface area contributed by atoms with Crippen molar-refractivity contribution in [3.63, 3.8) is 0 Å². The number of amides is 1. The van der Waals surface area contributed by atoms with Gasteiger partial charge in [-0.1, -0.05) is 6.92 Å². The molecule has 0 fully saturated rings. The maximum absolute atomic E-state index is 12.0. The topological polar surface area (TPSA) is 78.7 Å². The van der Waals surface area contributed by atoms with Gasteiger partial charge in [0.25, 0.3) is 5.91 Å². The normalized spacial score (nSPS) is 10.8. The second-order valence-corrected chi connectivity index (χ2v) is 4.39.